The summed E-state index contributed by atoms with van der Waals surface area (Å²) < 4.78 is 11.5. The van der Waals surface area contributed by atoms with Crippen LogP contribution in [0.2, 0.25) is 5.02 Å². The lowest BCUT2D eigenvalue weighted by atomic mass is 10.1. The Hall–Kier alpha value is -3.76. The fourth-order valence-corrected chi connectivity index (χ4v) is 3.81. The largest absolute Gasteiger partial charge is 0.496 e. The summed E-state index contributed by atoms with van der Waals surface area (Å²) in [7, 11) is 1.61. The summed E-state index contributed by atoms with van der Waals surface area (Å²) in [6, 6.07) is 30.8. The molecule has 172 valence electrons. The van der Waals surface area contributed by atoms with Crippen molar-refractivity contribution in [3.63, 3.8) is 0 Å². The lowest BCUT2D eigenvalue weighted by Crippen LogP contribution is -2.26. The number of carbonyl (C=O) groups excluding carboxylic acids is 1. The quantitative estimate of drug-likeness (QED) is 0.298. The zero-order chi connectivity index (χ0) is 23.9. The van der Waals surface area contributed by atoms with E-state index in [1.165, 1.54) is 0 Å². The molecule has 1 atom stereocenters. The standard InChI is InChI=1S/C29H26ClNO3/c1-20(21-8-13-26(30)14-9-21)31-29(32)24-12-17-28(33-2)25(18-24)19-34-27-15-10-23(11-16-27)22-6-4-3-5-7-22/h3-18,20H,19H2,1-2H3,(H,31,32)/t20-/m1/s1. The maximum atomic E-state index is 12.9. The fraction of sp³-hybridized carbons (Fsp3) is 0.138. The van der Waals surface area contributed by atoms with E-state index in [1.54, 1.807) is 25.3 Å². The minimum absolute atomic E-state index is 0.158. The van der Waals surface area contributed by atoms with Crippen molar-refractivity contribution >= 4 is 17.5 Å². The Morgan fingerprint density at radius 3 is 2.24 bits per heavy atom. The molecule has 0 aliphatic carbocycles. The van der Waals surface area contributed by atoms with Gasteiger partial charge in [-0.25, -0.2) is 0 Å². The van der Waals surface area contributed by atoms with Gasteiger partial charge in [-0.15, -0.1) is 0 Å². The molecule has 0 unspecified atom stereocenters. The number of hydrogen-bond donors (Lipinski definition) is 1. The van der Waals surface area contributed by atoms with Gasteiger partial charge in [-0.3, -0.25) is 4.79 Å². The van der Waals surface area contributed by atoms with Gasteiger partial charge < -0.3 is 14.8 Å². The summed E-state index contributed by atoms with van der Waals surface area (Å²) in [5.41, 5.74) is 4.59. The molecule has 0 saturated heterocycles. The van der Waals surface area contributed by atoms with E-state index in [2.05, 4.69) is 17.4 Å². The second-order valence-corrected chi connectivity index (χ2v) is 8.39. The van der Waals surface area contributed by atoms with Crippen molar-refractivity contribution in [1.29, 1.82) is 0 Å². The number of methoxy groups -OCH3 is 1. The van der Waals surface area contributed by atoms with Crippen LogP contribution in [0.1, 0.15) is 34.5 Å². The van der Waals surface area contributed by atoms with Crippen LogP contribution in [0.15, 0.2) is 97.1 Å². The van der Waals surface area contributed by atoms with Gasteiger partial charge in [-0.2, -0.15) is 0 Å². The van der Waals surface area contributed by atoms with Gasteiger partial charge in [0.05, 0.1) is 13.2 Å². The van der Waals surface area contributed by atoms with Crippen molar-refractivity contribution in [2.45, 2.75) is 19.6 Å². The number of benzene rings is 4. The van der Waals surface area contributed by atoms with Gasteiger partial charge in [0.15, 0.2) is 0 Å². The van der Waals surface area contributed by atoms with Crippen LogP contribution >= 0.6 is 11.6 Å². The van der Waals surface area contributed by atoms with E-state index in [4.69, 9.17) is 21.1 Å². The van der Waals surface area contributed by atoms with Gasteiger partial charge in [0.1, 0.15) is 18.1 Å². The highest BCUT2D eigenvalue weighted by molar-refractivity contribution is 6.30. The topological polar surface area (TPSA) is 47.6 Å². The number of amides is 1. The summed E-state index contributed by atoms with van der Waals surface area (Å²) in [5, 5.41) is 3.69. The third kappa shape index (κ3) is 5.77. The van der Waals surface area contributed by atoms with Crippen molar-refractivity contribution in [1.82, 2.24) is 5.32 Å². The third-order valence-electron chi connectivity index (χ3n) is 5.62. The van der Waals surface area contributed by atoms with Crippen molar-refractivity contribution in [3.05, 3.63) is 119 Å². The minimum Gasteiger partial charge on any atom is -0.496 e. The molecule has 0 aliphatic rings. The number of nitrogens with one attached hydrogen (secondary N) is 1. The van der Waals surface area contributed by atoms with Crippen LogP contribution in [-0.2, 0) is 6.61 Å². The summed E-state index contributed by atoms with van der Waals surface area (Å²) in [6.45, 7) is 2.22. The normalized spacial score (nSPS) is 11.5. The zero-order valence-corrected chi connectivity index (χ0v) is 19.9. The van der Waals surface area contributed by atoms with Crippen molar-refractivity contribution in [2.75, 3.05) is 7.11 Å². The first-order valence-corrected chi connectivity index (χ1v) is 11.4. The fourth-order valence-electron chi connectivity index (χ4n) is 3.68. The summed E-state index contributed by atoms with van der Waals surface area (Å²) in [5.74, 6) is 1.25. The molecule has 0 heterocycles. The Bertz CT molecular complexity index is 1240. The molecule has 4 rings (SSSR count). The Balaban J connectivity index is 1.43. The molecule has 34 heavy (non-hydrogen) atoms. The molecule has 1 amide bonds. The van der Waals surface area contributed by atoms with Gasteiger partial charge >= 0.3 is 0 Å². The van der Waals surface area contributed by atoms with E-state index in [9.17, 15) is 4.79 Å². The molecule has 0 aliphatic heterocycles. The molecule has 1 N–H and O–H groups in total. The first-order chi connectivity index (χ1) is 16.5. The van der Waals surface area contributed by atoms with E-state index in [0.29, 0.717) is 16.3 Å². The van der Waals surface area contributed by atoms with Crippen LogP contribution in [0, 0.1) is 0 Å². The van der Waals surface area contributed by atoms with Crippen molar-refractivity contribution in [2.24, 2.45) is 0 Å². The average molecular weight is 472 g/mol. The SMILES string of the molecule is COc1ccc(C(=O)N[C@H](C)c2ccc(Cl)cc2)cc1COc1ccc(-c2ccccc2)cc1. The van der Waals surface area contributed by atoms with Gasteiger partial charge in [0.25, 0.3) is 5.91 Å². The van der Waals surface area contributed by atoms with Gasteiger partial charge in [0, 0.05) is 16.1 Å². The Morgan fingerprint density at radius 1 is 0.882 bits per heavy atom. The minimum atomic E-state index is -0.168. The van der Waals surface area contributed by atoms with Crippen LogP contribution in [0.3, 0.4) is 0 Å². The molecule has 0 radical (unpaired) electrons. The second kappa shape index (κ2) is 10.9. The molecule has 4 nitrogen and oxygen atoms in total. The highest BCUT2D eigenvalue weighted by Crippen LogP contribution is 2.25. The molecule has 4 aromatic carbocycles. The average Bonchev–Trinajstić information content (AvgIpc) is 2.88. The summed E-state index contributed by atoms with van der Waals surface area (Å²) in [4.78, 5) is 12.9. The number of hydrogen-bond acceptors (Lipinski definition) is 3. The van der Waals surface area contributed by atoms with Gasteiger partial charge in [0.2, 0.25) is 0 Å². The molecule has 0 saturated carbocycles. The number of ether oxygens (including phenoxy) is 2. The monoisotopic (exact) mass is 471 g/mol. The second-order valence-electron chi connectivity index (χ2n) is 7.95. The zero-order valence-electron chi connectivity index (χ0n) is 19.1. The van der Waals surface area contributed by atoms with Crippen molar-refractivity contribution < 1.29 is 14.3 Å². The lowest BCUT2D eigenvalue weighted by Gasteiger charge is -2.16. The van der Waals surface area contributed by atoms with Gasteiger partial charge in [-0.05, 0) is 66.1 Å². The number of carbonyl (C=O) groups is 1. The van der Waals surface area contributed by atoms with Crippen LogP contribution < -0.4 is 14.8 Å². The summed E-state index contributed by atoms with van der Waals surface area (Å²) >= 11 is 5.96. The van der Waals surface area contributed by atoms with E-state index < -0.39 is 0 Å². The van der Waals surface area contributed by atoms with Crippen molar-refractivity contribution in [3.8, 4) is 22.6 Å². The highest BCUT2D eigenvalue weighted by atomic mass is 35.5. The highest BCUT2D eigenvalue weighted by Gasteiger charge is 2.14. The third-order valence-corrected chi connectivity index (χ3v) is 5.87. The maximum Gasteiger partial charge on any atom is 0.251 e. The number of halogens is 1. The molecule has 5 heteroatoms. The van der Waals surface area contributed by atoms with E-state index >= 15 is 0 Å². The van der Waals surface area contributed by atoms with E-state index in [-0.39, 0.29) is 18.6 Å². The van der Waals surface area contributed by atoms with Crippen LogP contribution in [0.4, 0.5) is 0 Å². The molecule has 0 aromatic heterocycles. The smallest absolute Gasteiger partial charge is 0.251 e. The Morgan fingerprint density at radius 2 is 1.56 bits per heavy atom. The molecule has 0 spiro atoms. The predicted molar refractivity (Wildman–Crippen MR) is 137 cm³/mol. The number of rotatable bonds is 8. The first kappa shape index (κ1) is 23.4. The molecule has 0 fully saturated rings. The molecule has 4 aromatic rings. The first-order valence-electron chi connectivity index (χ1n) is 11.0. The van der Waals surface area contributed by atoms with Gasteiger partial charge in [-0.1, -0.05) is 66.2 Å². The predicted octanol–water partition coefficient (Wildman–Crippen LogP) is 7.09. The van der Waals surface area contributed by atoms with E-state index in [1.807, 2.05) is 73.7 Å². The molecular formula is C29H26ClNO3. The Kier molecular flexibility index (Phi) is 7.51. The Labute approximate surface area is 205 Å². The van der Waals surface area contributed by atoms with E-state index in [0.717, 1.165) is 28.0 Å². The molecular weight excluding hydrogens is 446 g/mol. The lowest BCUT2D eigenvalue weighted by molar-refractivity contribution is 0.0939. The summed E-state index contributed by atoms with van der Waals surface area (Å²) in [6.07, 6.45) is 0. The van der Waals surface area contributed by atoms with Crippen LogP contribution in [0.5, 0.6) is 11.5 Å². The molecule has 0 bridgehead atoms. The van der Waals surface area contributed by atoms with Crippen LogP contribution in [0.25, 0.3) is 11.1 Å². The maximum absolute atomic E-state index is 12.9. The van der Waals surface area contributed by atoms with Crippen LogP contribution in [-0.4, -0.2) is 13.0 Å².